The molecule has 0 atom stereocenters. The lowest BCUT2D eigenvalue weighted by Crippen LogP contribution is -2.34. The van der Waals surface area contributed by atoms with E-state index in [2.05, 4.69) is 28.9 Å². The zero-order valence-corrected chi connectivity index (χ0v) is 11.7. The van der Waals surface area contributed by atoms with Gasteiger partial charge in [0.2, 0.25) is 0 Å². The third-order valence-corrected chi connectivity index (χ3v) is 4.33. The van der Waals surface area contributed by atoms with Gasteiger partial charge in [-0.05, 0) is 35.6 Å². The maximum atomic E-state index is 12.1. The zero-order chi connectivity index (χ0) is 13.2. The summed E-state index contributed by atoms with van der Waals surface area (Å²) >= 11 is 1.73. The van der Waals surface area contributed by atoms with Crippen LogP contribution in [0, 0.1) is 0 Å². The van der Waals surface area contributed by atoms with Crippen molar-refractivity contribution in [3.63, 3.8) is 0 Å². The van der Waals surface area contributed by atoms with Gasteiger partial charge in [0.15, 0.2) is 0 Å². The van der Waals surface area contributed by atoms with E-state index < -0.39 is 0 Å². The zero-order valence-electron chi connectivity index (χ0n) is 10.8. The Morgan fingerprint density at radius 3 is 3.05 bits per heavy atom. The van der Waals surface area contributed by atoms with Crippen molar-refractivity contribution in [3.05, 3.63) is 51.7 Å². The van der Waals surface area contributed by atoms with Crippen LogP contribution in [0.2, 0.25) is 0 Å². The summed E-state index contributed by atoms with van der Waals surface area (Å²) < 4.78 is 0. The minimum absolute atomic E-state index is 0.126. The predicted molar refractivity (Wildman–Crippen MR) is 78.8 cm³/mol. The second kappa shape index (κ2) is 5.05. The number of fused-ring (bicyclic) bond motifs is 1. The van der Waals surface area contributed by atoms with Crippen LogP contribution in [-0.4, -0.2) is 24.4 Å². The molecule has 3 rings (SSSR count). The molecule has 0 aliphatic carbocycles. The van der Waals surface area contributed by atoms with Crippen molar-refractivity contribution in [3.8, 4) is 0 Å². The summed E-state index contributed by atoms with van der Waals surface area (Å²) in [6.45, 7) is 1.62. The number of thiophene rings is 1. The summed E-state index contributed by atoms with van der Waals surface area (Å²) in [5.41, 5.74) is 3.01. The van der Waals surface area contributed by atoms with E-state index in [1.165, 1.54) is 4.88 Å². The van der Waals surface area contributed by atoms with Gasteiger partial charge in [0.1, 0.15) is 0 Å². The lowest BCUT2D eigenvalue weighted by atomic mass is 9.99. The summed E-state index contributed by atoms with van der Waals surface area (Å²) in [5, 5.41) is 5.44. The molecule has 1 aromatic heterocycles. The van der Waals surface area contributed by atoms with Crippen LogP contribution < -0.4 is 5.32 Å². The molecular formula is C15H16N2OS. The number of carbonyl (C=O) groups excluding carboxylic acids is 1. The number of rotatable bonds is 3. The Morgan fingerprint density at radius 2 is 2.26 bits per heavy atom. The molecular weight excluding hydrogens is 256 g/mol. The molecule has 2 heterocycles. The van der Waals surface area contributed by atoms with E-state index in [9.17, 15) is 4.79 Å². The summed E-state index contributed by atoms with van der Waals surface area (Å²) in [4.78, 5) is 15.2. The van der Waals surface area contributed by atoms with Gasteiger partial charge in [-0.2, -0.15) is 0 Å². The maximum absolute atomic E-state index is 12.1. The summed E-state index contributed by atoms with van der Waals surface area (Å²) in [6.07, 6.45) is 0.947. The van der Waals surface area contributed by atoms with Gasteiger partial charge in [-0.25, -0.2) is 0 Å². The van der Waals surface area contributed by atoms with Crippen LogP contribution in [0.25, 0.3) is 0 Å². The lowest BCUT2D eigenvalue weighted by Gasteiger charge is -2.25. The second-order valence-corrected chi connectivity index (χ2v) is 5.81. The number of hydrogen-bond acceptors (Lipinski definition) is 3. The van der Waals surface area contributed by atoms with Crippen molar-refractivity contribution < 1.29 is 4.79 Å². The van der Waals surface area contributed by atoms with Crippen LogP contribution >= 0.6 is 11.3 Å². The number of anilines is 1. The summed E-state index contributed by atoms with van der Waals surface area (Å²) in [6, 6.07) is 10.3. The van der Waals surface area contributed by atoms with E-state index in [1.54, 1.807) is 16.2 Å². The normalized spacial score (nSPS) is 14.4. The van der Waals surface area contributed by atoms with Gasteiger partial charge in [-0.3, -0.25) is 4.79 Å². The number of nitrogens with one attached hydrogen (secondary N) is 1. The first-order chi connectivity index (χ1) is 9.24. The van der Waals surface area contributed by atoms with Crippen LogP contribution in [0.3, 0.4) is 0 Å². The van der Waals surface area contributed by atoms with Gasteiger partial charge < -0.3 is 10.2 Å². The van der Waals surface area contributed by atoms with Gasteiger partial charge in [0, 0.05) is 36.3 Å². The van der Waals surface area contributed by atoms with E-state index >= 15 is 0 Å². The molecule has 1 aliphatic rings. The quantitative estimate of drug-likeness (QED) is 0.931. The Labute approximate surface area is 116 Å². The number of amides is 1. The Morgan fingerprint density at radius 1 is 1.37 bits per heavy atom. The number of likely N-dealkylation sites (N-methyl/N-ethyl adjacent to an activating group) is 1. The van der Waals surface area contributed by atoms with E-state index in [-0.39, 0.29) is 5.91 Å². The van der Waals surface area contributed by atoms with Crippen molar-refractivity contribution in [1.29, 1.82) is 0 Å². The highest BCUT2D eigenvalue weighted by Crippen LogP contribution is 2.22. The fourth-order valence-corrected chi connectivity index (χ4v) is 2.95. The summed E-state index contributed by atoms with van der Waals surface area (Å²) in [7, 11) is 1.86. The topological polar surface area (TPSA) is 32.3 Å². The van der Waals surface area contributed by atoms with Crippen molar-refractivity contribution >= 4 is 22.9 Å². The molecule has 0 spiro atoms. The Bertz CT molecular complexity index is 592. The van der Waals surface area contributed by atoms with Gasteiger partial charge >= 0.3 is 0 Å². The molecule has 4 heteroatoms. The number of hydrogen-bond donors (Lipinski definition) is 1. The Hall–Kier alpha value is -1.81. The molecule has 3 nitrogen and oxygen atoms in total. The van der Waals surface area contributed by atoms with Crippen LogP contribution in [0.15, 0.2) is 35.7 Å². The average Bonchev–Trinajstić information content (AvgIpc) is 2.94. The molecule has 0 fully saturated rings. The minimum Gasteiger partial charge on any atom is -0.380 e. The van der Waals surface area contributed by atoms with Crippen LogP contribution in [-0.2, 0) is 13.0 Å². The van der Waals surface area contributed by atoms with Crippen molar-refractivity contribution in [2.75, 3.05) is 18.9 Å². The molecule has 19 heavy (non-hydrogen) atoms. The monoisotopic (exact) mass is 272 g/mol. The first-order valence-corrected chi connectivity index (χ1v) is 7.26. The fraction of sp³-hybridized carbons (Fsp3) is 0.267. The van der Waals surface area contributed by atoms with Crippen LogP contribution in [0.4, 0.5) is 5.69 Å². The molecule has 1 aromatic carbocycles. The van der Waals surface area contributed by atoms with E-state index in [0.717, 1.165) is 36.3 Å². The number of benzene rings is 1. The molecule has 0 unspecified atom stereocenters. The van der Waals surface area contributed by atoms with Crippen molar-refractivity contribution in [2.24, 2.45) is 0 Å². The highest BCUT2D eigenvalue weighted by atomic mass is 32.1. The predicted octanol–water partition coefficient (Wildman–Crippen LogP) is 2.99. The number of carbonyl (C=O) groups is 1. The first kappa shape index (κ1) is 12.2. The lowest BCUT2D eigenvalue weighted by molar-refractivity contribution is 0.0781. The minimum atomic E-state index is 0.126. The molecule has 1 aliphatic heterocycles. The Balaban J connectivity index is 1.79. The summed E-state index contributed by atoms with van der Waals surface area (Å²) in [5.74, 6) is 0.126. The molecule has 0 radical (unpaired) electrons. The fourth-order valence-electron chi connectivity index (χ4n) is 2.30. The smallest absolute Gasteiger partial charge is 0.253 e. The van der Waals surface area contributed by atoms with Crippen molar-refractivity contribution in [2.45, 2.75) is 13.0 Å². The standard InChI is InChI=1S/C15H16N2OS/c1-17-7-6-11-4-5-12(9-14(11)15(17)18)16-10-13-3-2-8-19-13/h2-5,8-9,16H,6-7,10H2,1H3. The maximum Gasteiger partial charge on any atom is 0.253 e. The average molecular weight is 272 g/mol. The molecule has 1 amide bonds. The third kappa shape index (κ3) is 2.49. The molecule has 2 aromatic rings. The van der Waals surface area contributed by atoms with E-state index in [4.69, 9.17) is 0 Å². The SMILES string of the molecule is CN1CCc2ccc(NCc3cccs3)cc2C1=O. The van der Waals surface area contributed by atoms with Crippen molar-refractivity contribution in [1.82, 2.24) is 4.90 Å². The molecule has 0 bridgehead atoms. The third-order valence-electron chi connectivity index (χ3n) is 3.45. The second-order valence-electron chi connectivity index (χ2n) is 4.78. The van der Waals surface area contributed by atoms with Crippen LogP contribution in [0.1, 0.15) is 20.8 Å². The van der Waals surface area contributed by atoms with Gasteiger partial charge in [0.25, 0.3) is 5.91 Å². The van der Waals surface area contributed by atoms with Gasteiger partial charge in [-0.1, -0.05) is 12.1 Å². The largest absolute Gasteiger partial charge is 0.380 e. The van der Waals surface area contributed by atoms with Gasteiger partial charge in [-0.15, -0.1) is 11.3 Å². The van der Waals surface area contributed by atoms with E-state index in [1.807, 2.05) is 19.2 Å². The highest BCUT2D eigenvalue weighted by Gasteiger charge is 2.21. The Kier molecular flexibility index (Phi) is 3.25. The van der Waals surface area contributed by atoms with Crippen LogP contribution in [0.5, 0.6) is 0 Å². The van der Waals surface area contributed by atoms with E-state index in [0.29, 0.717) is 0 Å². The molecule has 1 N–H and O–H groups in total. The first-order valence-electron chi connectivity index (χ1n) is 6.39. The molecule has 0 saturated heterocycles. The number of nitrogens with zero attached hydrogens (tertiary/aromatic N) is 1. The molecule has 98 valence electrons. The molecule has 0 saturated carbocycles. The van der Waals surface area contributed by atoms with Gasteiger partial charge in [0.05, 0.1) is 0 Å². The highest BCUT2D eigenvalue weighted by molar-refractivity contribution is 7.09.